The summed E-state index contributed by atoms with van der Waals surface area (Å²) in [6.07, 6.45) is 0. The number of ketones is 1. The highest BCUT2D eigenvalue weighted by Gasteiger charge is 2.27. The van der Waals surface area contributed by atoms with Crippen molar-refractivity contribution in [1.29, 1.82) is 0 Å². The van der Waals surface area contributed by atoms with Gasteiger partial charge < -0.3 is 18.6 Å². The minimum atomic E-state index is -1.09. The second-order valence-corrected chi connectivity index (χ2v) is 5.24. The summed E-state index contributed by atoms with van der Waals surface area (Å²) in [4.78, 5) is 47.6. The second-order valence-electron chi connectivity index (χ2n) is 5.24. The van der Waals surface area contributed by atoms with Crippen LogP contribution < -0.4 is 4.74 Å². The van der Waals surface area contributed by atoms with Crippen molar-refractivity contribution in [1.82, 2.24) is 0 Å². The van der Waals surface area contributed by atoms with Crippen LogP contribution in [0.1, 0.15) is 47.2 Å². The number of furan rings is 1. The van der Waals surface area contributed by atoms with Crippen LogP contribution in [0.25, 0.3) is 11.0 Å². The zero-order chi connectivity index (χ0) is 19.4. The normalized spacial score (nSPS) is 10.5. The fourth-order valence-corrected chi connectivity index (χ4v) is 2.43. The van der Waals surface area contributed by atoms with Gasteiger partial charge in [0, 0.05) is 12.3 Å². The summed E-state index contributed by atoms with van der Waals surface area (Å²) in [5.41, 5.74) is 0.134. The predicted molar refractivity (Wildman–Crippen MR) is 89.2 cm³/mol. The molecule has 8 nitrogen and oxygen atoms in total. The molecule has 0 saturated carbocycles. The average molecular weight is 362 g/mol. The second kappa shape index (κ2) is 7.81. The lowest BCUT2D eigenvalue weighted by Gasteiger charge is -2.08. The number of aryl methyl sites for hydroxylation is 1. The molecule has 1 heterocycles. The number of hydrogen-bond acceptors (Lipinski definition) is 8. The fourth-order valence-electron chi connectivity index (χ4n) is 2.43. The molecule has 0 unspecified atom stereocenters. The highest BCUT2D eigenvalue weighted by Crippen LogP contribution is 2.33. The van der Waals surface area contributed by atoms with E-state index in [4.69, 9.17) is 18.6 Å². The van der Waals surface area contributed by atoms with Crippen LogP contribution in [0.4, 0.5) is 0 Å². The van der Waals surface area contributed by atoms with E-state index in [-0.39, 0.29) is 41.4 Å². The summed E-state index contributed by atoms with van der Waals surface area (Å²) in [5, 5.41) is 0.303. The summed E-state index contributed by atoms with van der Waals surface area (Å²) in [7, 11) is 0. The van der Waals surface area contributed by atoms with Gasteiger partial charge >= 0.3 is 17.9 Å². The molecule has 0 saturated heterocycles. The average Bonchev–Trinajstić information content (AvgIpc) is 2.88. The number of benzene rings is 1. The van der Waals surface area contributed by atoms with E-state index in [1.807, 2.05) is 0 Å². The molecule has 0 aliphatic rings. The molecule has 0 N–H and O–H groups in total. The summed E-state index contributed by atoms with van der Waals surface area (Å²) in [6, 6.07) is 2.54. The molecule has 0 aliphatic carbocycles. The van der Waals surface area contributed by atoms with E-state index in [1.165, 1.54) is 12.1 Å². The highest BCUT2D eigenvalue weighted by atomic mass is 16.5. The molecule has 26 heavy (non-hydrogen) atoms. The lowest BCUT2D eigenvalue weighted by Crippen LogP contribution is -2.19. The topological polar surface area (TPSA) is 109 Å². The van der Waals surface area contributed by atoms with E-state index >= 15 is 0 Å². The molecule has 0 radical (unpaired) electrons. The number of fused-ring (bicyclic) bond motifs is 1. The highest BCUT2D eigenvalue weighted by molar-refractivity contribution is 6.41. The molecule has 8 heteroatoms. The van der Waals surface area contributed by atoms with Crippen molar-refractivity contribution >= 4 is 34.7 Å². The monoisotopic (exact) mass is 362 g/mol. The van der Waals surface area contributed by atoms with Gasteiger partial charge in [0.05, 0.1) is 18.8 Å². The van der Waals surface area contributed by atoms with Crippen LogP contribution in [0.15, 0.2) is 16.5 Å². The molecule has 0 bridgehead atoms. The smallest absolute Gasteiger partial charge is 0.379 e. The third-order valence-electron chi connectivity index (χ3n) is 3.40. The Bertz CT molecular complexity index is 890. The number of esters is 3. The summed E-state index contributed by atoms with van der Waals surface area (Å²) in [5.74, 6) is -3.28. The Morgan fingerprint density at radius 1 is 1.04 bits per heavy atom. The van der Waals surface area contributed by atoms with Crippen molar-refractivity contribution < 1.29 is 37.8 Å². The minimum absolute atomic E-state index is 0.0165. The van der Waals surface area contributed by atoms with Gasteiger partial charge in [0.1, 0.15) is 22.7 Å². The van der Waals surface area contributed by atoms with Gasteiger partial charge in [0.25, 0.3) is 5.78 Å². The molecule has 0 aliphatic heterocycles. The zero-order valence-electron chi connectivity index (χ0n) is 14.8. The lowest BCUT2D eigenvalue weighted by atomic mass is 10.0. The fraction of sp³-hybridized carbons (Fsp3) is 0.333. The molecule has 0 atom stereocenters. The maximum Gasteiger partial charge on any atom is 0.379 e. The van der Waals surface area contributed by atoms with Crippen LogP contribution in [-0.4, -0.2) is 36.9 Å². The lowest BCUT2D eigenvalue weighted by molar-refractivity contribution is -0.137. The van der Waals surface area contributed by atoms with Crippen LogP contribution in [-0.2, 0) is 19.1 Å². The molecule has 0 spiro atoms. The summed E-state index contributed by atoms with van der Waals surface area (Å²) >= 11 is 0. The van der Waals surface area contributed by atoms with Crippen LogP contribution >= 0.6 is 0 Å². The molecule has 138 valence electrons. The van der Waals surface area contributed by atoms with Crippen molar-refractivity contribution in [3.8, 4) is 5.75 Å². The number of rotatable bonds is 6. The number of ether oxygens (including phenoxy) is 3. The van der Waals surface area contributed by atoms with Gasteiger partial charge in [-0.25, -0.2) is 9.59 Å². The summed E-state index contributed by atoms with van der Waals surface area (Å²) in [6.45, 7) is 6.11. The minimum Gasteiger partial charge on any atom is -0.462 e. The standard InChI is InChI=1S/C18H18O8/c1-5-23-17(21)15-9(3)25-13-8-12(16(20)18(22)24-6-2)14(7-11(13)15)26-10(4)19/h7-8H,5-6H2,1-4H3. The SMILES string of the molecule is CCOC(=O)C(=O)c1cc2oc(C)c(C(=O)OCC)c2cc1OC(C)=O. The number of carbonyl (C=O) groups excluding carboxylic acids is 4. The Balaban J connectivity index is 2.66. The van der Waals surface area contributed by atoms with Crippen molar-refractivity contribution in [3.05, 3.63) is 29.0 Å². The van der Waals surface area contributed by atoms with Gasteiger partial charge in [0.2, 0.25) is 0 Å². The van der Waals surface area contributed by atoms with E-state index in [2.05, 4.69) is 0 Å². The number of Topliss-reactive ketones (excluding diaryl/α,β-unsaturated/α-hetero) is 1. The first kappa shape index (κ1) is 19.2. The maximum atomic E-state index is 12.3. The van der Waals surface area contributed by atoms with Crippen LogP contribution in [0.3, 0.4) is 0 Å². The largest absolute Gasteiger partial charge is 0.462 e. The first-order valence-corrected chi connectivity index (χ1v) is 7.94. The number of hydrogen-bond donors (Lipinski definition) is 0. The Morgan fingerprint density at radius 2 is 1.69 bits per heavy atom. The van der Waals surface area contributed by atoms with Gasteiger partial charge in [-0.15, -0.1) is 0 Å². The first-order valence-electron chi connectivity index (χ1n) is 7.94. The van der Waals surface area contributed by atoms with Crippen molar-refractivity contribution in [2.45, 2.75) is 27.7 Å². The Morgan fingerprint density at radius 3 is 2.27 bits per heavy atom. The molecule has 0 fully saturated rings. The number of carbonyl (C=O) groups is 4. The third-order valence-corrected chi connectivity index (χ3v) is 3.40. The van der Waals surface area contributed by atoms with E-state index in [0.29, 0.717) is 5.39 Å². The van der Waals surface area contributed by atoms with Crippen molar-refractivity contribution in [2.75, 3.05) is 13.2 Å². The third kappa shape index (κ3) is 3.74. The summed E-state index contributed by atoms with van der Waals surface area (Å²) < 4.78 is 20.2. The van der Waals surface area contributed by atoms with Gasteiger partial charge in [-0.3, -0.25) is 9.59 Å². The van der Waals surface area contributed by atoms with Gasteiger partial charge in [-0.2, -0.15) is 0 Å². The maximum absolute atomic E-state index is 12.3. The quantitative estimate of drug-likeness (QED) is 0.334. The molecule has 1 aromatic heterocycles. The molecular weight excluding hydrogens is 344 g/mol. The molecule has 0 amide bonds. The van der Waals surface area contributed by atoms with Crippen molar-refractivity contribution in [2.24, 2.45) is 0 Å². The molecule has 1 aromatic carbocycles. The van der Waals surface area contributed by atoms with Crippen molar-refractivity contribution in [3.63, 3.8) is 0 Å². The first-order chi connectivity index (χ1) is 12.3. The zero-order valence-corrected chi connectivity index (χ0v) is 14.8. The Kier molecular flexibility index (Phi) is 5.76. The Labute approximate surface area is 149 Å². The van der Waals surface area contributed by atoms with E-state index in [1.54, 1.807) is 20.8 Å². The van der Waals surface area contributed by atoms with Crippen LogP contribution in [0.5, 0.6) is 5.75 Å². The van der Waals surface area contributed by atoms with E-state index < -0.39 is 23.7 Å². The van der Waals surface area contributed by atoms with Crippen LogP contribution in [0, 0.1) is 6.92 Å². The molecule has 2 rings (SSSR count). The van der Waals surface area contributed by atoms with Gasteiger partial charge in [-0.05, 0) is 32.9 Å². The Hall–Kier alpha value is -3.16. The molecular formula is C18H18O8. The van der Waals surface area contributed by atoms with Gasteiger partial charge in [-0.1, -0.05) is 0 Å². The van der Waals surface area contributed by atoms with E-state index in [9.17, 15) is 19.2 Å². The van der Waals surface area contributed by atoms with Crippen LogP contribution in [0.2, 0.25) is 0 Å². The van der Waals surface area contributed by atoms with Gasteiger partial charge in [0.15, 0.2) is 0 Å². The predicted octanol–water partition coefficient (Wildman–Crippen LogP) is 2.59. The van der Waals surface area contributed by atoms with E-state index in [0.717, 1.165) is 6.92 Å². The molecule has 2 aromatic rings.